The predicted octanol–water partition coefficient (Wildman–Crippen LogP) is 4.14. The molecule has 0 spiro atoms. The molecule has 4 rings (SSSR count). The number of aromatic nitrogens is 3. The van der Waals surface area contributed by atoms with Crippen LogP contribution in [0.25, 0.3) is 32.9 Å². The van der Waals surface area contributed by atoms with E-state index in [0.717, 1.165) is 39.4 Å². The van der Waals surface area contributed by atoms with Gasteiger partial charge >= 0.3 is 12.1 Å². The van der Waals surface area contributed by atoms with Gasteiger partial charge in [-0.3, -0.25) is 4.98 Å². The lowest BCUT2D eigenvalue weighted by Crippen LogP contribution is -2.21. The van der Waals surface area contributed by atoms with Crippen LogP contribution in [0.4, 0.5) is 24.9 Å². The Morgan fingerprint density at radius 2 is 1.80 bits per heavy atom. The molecule has 0 saturated heterocycles. The van der Waals surface area contributed by atoms with Gasteiger partial charge in [0, 0.05) is 22.5 Å². The fraction of sp³-hybridized carbons (Fsp3) is 0.150. The summed E-state index contributed by atoms with van der Waals surface area (Å²) in [5, 5.41) is 8.97. The van der Waals surface area contributed by atoms with Crippen LogP contribution in [0.1, 0.15) is 12.5 Å². The summed E-state index contributed by atoms with van der Waals surface area (Å²) < 4.78 is 31.7. The fourth-order valence-electron chi connectivity index (χ4n) is 3.05. The first-order valence-electron chi connectivity index (χ1n) is 8.83. The number of aromatic amines is 1. The Balaban J connectivity index is 0.000000318. The van der Waals surface area contributed by atoms with Gasteiger partial charge in [-0.25, -0.2) is 4.79 Å². The Kier molecular flexibility index (Phi) is 5.50. The number of nitrogens with two attached hydrogens (primary N) is 2. The molecule has 7 nitrogen and oxygen atoms in total. The second-order valence-corrected chi connectivity index (χ2v) is 6.41. The van der Waals surface area contributed by atoms with Crippen LogP contribution in [-0.4, -0.2) is 32.2 Å². The smallest absolute Gasteiger partial charge is 0.475 e. The van der Waals surface area contributed by atoms with Gasteiger partial charge in [-0.2, -0.15) is 18.2 Å². The van der Waals surface area contributed by atoms with Gasteiger partial charge in [-0.05, 0) is 29.7 Å². The number of nitrogens with zero attached hydrogens (tertiary/aromatic N) is 2. The molecule has 0 aliphatic rings. The Labute approximate surface area is 168 Å². The van der Waals surface area contributed by atoms with Crippen molar-refractivity contribution in [2.75, 3.05) is 11.5 Å². The summed E-state index contributed by atoms with van der Waals surface area (Å²) >= 11 is 0. The maximum Gasteiger partial charge on any atom is 0.490 e. The molecule has 0 aliphatic heterocycles. The number of anilines is 2. The van der Waals surface area contributed by atoms with E-state index >= 15 is 0 Å². The molecular formula is C20H18F3N5O2. The number of hydrogen-bond donors (Lipinski definition) is 4. The van der Waals surface area contributed by atoms with Gasteiger partial charge in [0.15, 0.2) is 5.95 Å². The van der Waals surface area contributed by atoms with Crippen LogP contribution in [-0.2, 0) is 11.2 Å². The van der Waals surface area contributed by atoms with Gasteiger partial charge in [-0.15, -0.1) is 0 Å². The number of nitrogens with one attached hydrogen (secondary N) is 1. The molecule has 30 heavy (non-hydrogen) atoms. The Bertz CT molecular complexity index is 1220. The van der Waals surface area contributed by atoms with Gasteiger partial charge < -0.3 is 21.6 Å². The number of H-pyrrole nitrogens is 1. The molecule has 10 heteroatoms. The van der Waals surface area contributed by atoms with Crippen LogP contribution in [0.2, 0.25) is 0 Å². The largest absolute Gasteiger partial charge is 0.490 e. The van der Waals surface area contributed by atoms with Crippen molar-refractivity contribution in [3.63, 3.8) is 0 Å². The van der Waals surface area contributed by atoms with Gasteiger partial charge in [0.1, 0.15) is 5.82 Å². The minimum atomic E-state index is -5.08. The number of carbonyl (C=O) groups is 1. The molecule has 0 amide bonds. The van der Waals surface area contributed by atoms with E-state index in [1.54, 1.807) is 6.20 Å². The highest BCUT2D eigenvalue weighted by Crippen LogP contribution is 2.35. The van der Waals surface area contributed by atoms with E-state index in [9.17, 15) is 13.2 Å². The Hall–Kier alpha value is -3.82. The second-order valence-electron chi connectivity index (χ2n) is 6.41. The molecule has 2 aromatic heterocycles. The summed E-state index contributed by atoms with van der Waals surface area (Å²) in [5.41, 5.74) is 17.2. The zero-order chi connectivity index (χ0) is 22.1. The van der Waals surface area contributed by atoms with Crippen molar-refractivity contribution in [2.24, 2.45) is 0 Å². The Morgan fingerprint density at radius 1 is 1.17 bits per heavy atom. The first kappa shape index (κ1) is 20.9. The number of aliphatic carboxylic acids is 1. The molecule has 0 radical (unpaired) electrons. The van der Waals surface area contributed by atoms with Crippen molar-refractivity contribution >= 4 is 39.5 Å². The summed E-state index contributed by atoms with van der Waals surface area (Å²) in [6, 6.07) is 12.5. The molecule has 6 N–H and O–H groups in total. The number of carboxylic acid groups (broad SMARTS) is 1. The molecule has 2 aromatic carbocycles. The van der Waals surface area contributed by atoms with Crippen LogP contribution in [0, 0.1) is 0 Å². The molecule has 4 aromatic rings. The molecule has 156 valence electrons. The normalized spacial score (nSPS) is 11.3. The summed E-state index contributed by atoms with van der Waals surface area (Å²) in [6.45, 7) is 2.15. The van der Waals surface area contributed by atoms with Gasteiger partial charge in [0.2, 0.25) is 0 Å². The van der Waals surface area contributed by atoms with E-state index in [4.69, 9.17) is 21.4 Å². The minimum absolute atomic E-state index is 0.307. The van der Waals surface area contributed by atoms with Crippen molar-refractivity contribution in [3.8, 4) is 11.1 Å². The molecule has 0 fully saturated rings. The van der Waals surface area contributed by atoms with Gasteiger partial charge in [0.05, 0.1) is 11.0 Å². The van der Waals surface area contributed by atoms with Crippen LogP contribution in [0.3, 0.4) is 0 Å². The van der Waals surface area contributed by atoms with Crippen molar-refractivity contribution in [3.05, 3.63) is 48.2 Å². The number of alkyl halides is 3. The number of aryl methyl sites for hydroxylation is 1. The highest BCUT2D eigenvalue weighted by atomic mass is 19.4. The van der Waals surface area contributed by atoms with Crippen LogP contribution in [0.5, 0.6) is 0 Å². The van der Waals surface area contributed by atoms with E-state index in [0.29, 0.717) is 11.8 Å². The highest BCUT2D eigenvalue weighted by Gasteiger charge is 2.38. The third-order valence-corrected chi connectivity index (χ3v) is 4.46. The number of halogens is 3. The van der Waals surface area contributed by atoms with Crippen LogP contribution < -0.4 is 11.5 Å². The third-order valence-electron chi connectivity index (χ3n) is 4.46. The number of rotatable bonds is 2. The number of benzene rings is 2. The average Bonchev–Trinajstić information content (AvgIpc) is 3.16. The lowest BCUT2D eigenvalue weighted by atomic mass is 9.98. The first-order chi connectivity index (χ1) is 14.1. The van der Waals surface area contributed by atoms with E-state index in [2.05, 4.69) is 46.1 Å². The molecule has 0 saturated carbocycles. The maximum absolute atomic E-state index is 10.6. The molecule has 2 heterocycles. The standard InChI is InChI=1S/C18H17N5.C2HF3O2/c1-2-10-3-5-11(6-4-10)13-9-14-15(12-7-8-21-16(12)13)17(19)23-18(20)22-14;3-2(4,5)1(6)7/h3-9H,2,19H2,1H3,(H3,20,22,23);(H,6,7). The second kappa shape index (κ2) is 7.90. The lowest BCUT2D eigenvalue weighted by Gasteiger charge is -2.10. The molecule has 0 atom stereocenters. The van der Waals surface area contributed by atoms with Crippen LogP contribution >= 0.6 is 0 Å². The average molecular weight is 417 g/mol. The Morgan fingerprint density at radius 3 is 2.37 bits per heavy atom. The monoisotopic (exact) mass is 417 g/mol. The summed E-state index contributed by atoms with van der Waals surface area (Å²) in [5.74, 6) is -2.03. The van der Waals surface area contributed by atoms with E-state index in [1.165, 1.54) is 5.56 Å². The third kappa shape index (κ3) is 4.12. The topological polar surface area (TPSA) is 131 Å². The predicted molar refractivity (Wildman–Crippen MR) is 109 cm³/mol. The molecule has 0 bridgehead atoms. The summed E-state index contributed by atoms with van der Waals surface area (Å²) in [6.07, 6.45) is -2.27. The summed E-state index contributed by atoms with van der Waals surface area (Å²) in [7, 11) is 0. The first-order valence-corrected chi connectivity index (χ1v) is 8.83. The lowest BCUT2D eigenvalue weighted by molar-refractivity contribution is -0.192. The summed E-state index contributed by atoms with van der Waals surface area (Å²) in [4.78, 5) is 20.7. The van der Waals surface area contributed by atoms with Crippen LogP contribution in [0.15, 0.2) is 42.6 Å². The van der Waals surface area contributed by atoms with Gasteiger partial charge in [-0.1, -0.05) is 31.2 Å². The number of hydrogen-bond acceptors (Lipinski definition) is 5. The zero-order valence-electron chi connectivity index (χ0n) is 15.8. The molecule has 0 unspecified atom stereocenters. The van der Waals surface area contributed by atoms with Crippen molar-refractivity contribution in [1.29, 1.82) is 0 Å². The number of fused-ring (bicyclic) bond motifs is 3. The maximum atomic E-state index is 10.6. The van der Waals surface area contributed by atoms with E-state index < -0.39 is 12.1 Å². The molecule has 0 aliphatic carbocycles. The number of nitrogen functional groups attached to an aromatic ring is 2. The number of carboxylic acids is 1. The van der Waals surface area contributed by atoms with E-state index in [-0.39, 0.29) is 0 Å². The van der Waals surface area contributed by atoms with Gasteiger partial charge in [0.25, 0.3) is 0 Å². The SMILES string of the molecule is CCc1ccc(-c2cc3[nH]c(N)nc(N)c3c3ccnc23)cc1.O=C(O)C(F)(F)F. The minimum Gasteiger partial charge on any atom is -0.475 e. The van der Waals surface area contributed by atoms with Crippen molar-refractivity contribution in [1.82, 2.24) is 15.0 Å². The van der Waals surface area contributed by atoms with Crippen molar-refractivity contribution in [2.45, 2.75) is 19.5 Å². The molecular weight excluding hydrogens is 399 g/mol. The quantitative estimate of drug-likeness (QED) is 0.388. The van der Waals surface area contributed by atoms with E-state index in [1.807, 2.05) is 12.1 Å². The fourth-order valence-corrected chi connectivity index (χ4v) is 3.05. The van der Waals surface area contributed by atoms with Crippen molar-refractivity contribution < 1.29 is 23.1 Å². The highest BCUT2D eigenvalue weighted by molar-refractivity contribution is 6.15. The zero-order valence-corrected chi connectivity index (χ0v) is 15.8.